The summed E-state index contributed by atoms with van der Waals surface area (Å²) in [6.45, 7) is 2.27. The number of hydrogen-bond donors (Lipinski definition) is 0. The first kappa shape index (κ1) is 18.7. The first-order valence-corrected chi connectivity index (χ1v) is 10.9. The number of allylic oxidation sites excluding steroid dienone is 2. The predicted molar refractivity (Wildman–Crippen MR) is 93.7 cm³/mol. The highest BCUT2D eigenvalue weighted by atomic mass is 28.3. The number of benzene rings is 1. The maximum absolute atomic E-state index is 12.1. The van der Waals surface area contributed by atoms with Crippen LogP contribution in [0.1, 0.15) is 31.7 Å². The fraction of sp³-hybridized carbons (Fsp3) is 0.474. The highest BCUT2D eigenvalue weighted by Gasteiger charge is 2.30. The Bertz CT molecular complexity index is 588. The van der Waals surface area contributed by atoms with E-state index in [1.165, 1.54) is 61.7 Å². The van der Waals surface area contributed by atoms with Crippen LogP contribution in [0.25, 0.3) is 0 Å². The summed E-state index contributed by atoms with van der Waals surface area (Å²) in [5.74, 6) is 6.33. The van der Waals surface area contributed by atoms with Gasteiger partial charge >= 0.3 is 6.36 Å². The van der Waals surface area contributed by atoms with Crippen LogP contribution in [0.3, 0.4) is 0 Å². The van der Waals surface area contributed by atoms with Crippen molar-refractivity contribution in [3.05, 3.63) is 42.0 Å². The number of rotatable bonds is 4. The maximum Gasteiger partial charge on any atom is 0.573 e. The van der Waals surface area contributed by atoms with Crippen molar-refractivity contribution in [2.75, 3.05) is 0 Å². The molecule has 0 aliphatic carbocycles. The molecular formula is C19H23F3OSi. The summed E-state index contributed by atoms with van der Waals surface area (Å²) in [4.78, 5) is 0. The lowest BCUT2D eigenvalue weighted by Crippen LogP contribution is -2.19. The number of halogens is 3. The first-order chi connectivity index (χ1) is 11.5. The molecule has 5 heteroatoms. The minimum absolute atomic E-state index is 0.225. The Morgan fingerprint density at radius 1 is 1.21 bits per heavy atom. The summed E-state index contributed by atoms with van der Waals surface area (Å²) in [6.07, 6.45) is 3.32. The lowest BCUT2D eigenvalue weighted by molar-refractivity contribution is -0.274. The van der Waals surface area contributed by atoms with Gasteiger partial charge in [0, 0.05) is 14.4 Å². The number of alkyl halides is 3. The molecule has 1 heterocycles. The van der Waals surface area contributed by atoms with E-state index < -0.39 is 15.2 Å². The Morgan fingerprint density at radius 2 is 1.88 bits per heavy atom. The van der Waals surface area contributed by atoms with Crippen LogP contribution in [0, 0.1) is 17.8 Å². The molecule has 1 saturated heterocycles. The molecule has 2 rings (SSSR count). The predicted octanol–water partition coefficient (Wildman–Crippen LogP) is 5.54. The highest BCUT2D eigenvalue weighted by Crippen LogP contribution is 2.28. The van der Waals surface area contributed by atoms with Crippen molar-refractivity contribution in [3.8, 4) is 17.6 Å². The molecule has 0 spiro atoms. The summed E-state index contributed by atoms with van der Waals surface area (Å²) >= 11 is 0. The quantitative estimate of drug-likeness (QED) is 0.511. The van der Waals surface area contributed by atoms with Gasteiger partial charge in [0.2, 0.25) is 0 Å². The Kier molecular flexibility index (Phi) is 6.98. The van der Waals surface area contributed by atoms with E-state index in [-0.39, 0.29) is 5.75 Å². The fourth-order valence-electron chi connectivity index (χ4n) is 3.13. The van der Waals surface area contributed by atoms with Crippen LogP contribution in [-0.2, 0) is 0 Å². The van der Waals surface area contributed by atoms with Gasteiger partial charge in [0.1, 0.15) is 5.75 Å². The molecule has 1 aliphatic heterocycles. The summed E-state index contributed by atoms with van der Waals surface area (Å²) in [5, 5.41) is 0. The van der Waals surface area contributed by atoms with E-state index in [4.69, 9.17) is 0 Å². The van der Waals surface area contributed by atoms with E-state index in [9.17, 15) is 13.2 Å². The van der Waals surface area contributed by atoms with Gasteiger partial charge in [0.05, 0.1) is 0 Å². The van der Waals surface area contributed by atoms with Crippen LogP contribution >= 0.6 is 0 Å². The van der Waals surface area contributed by atoms with Crippen molar-refractivity contribution in [1.82, 2.24) is 0 Å². The summed E-state index contributed by atoms with van der Waals surface area (Å²) in [6, 6.07) is 9.98. The topological polar surface area (TPSA) is 9.23 Å². The standard InChI is InChI=1S/C19H23F3OSi/c1-2-13-24-14-11-17(12-15-24)6-4-3-5-16-7-9-18(10-8-16)23-19(20,21)22/h4,6-10,17,24H,2,11-15H2,1H3/b6-4+/t17-,24-. The second-order valence-corrected chi connectivity index (χ2v) is 9.73. The van der Waals surface area contributed by atoms with E-state index in [1.807, 2.05) is 6.08 Å². The molecule has 1 aromatic rings. The third kappa shape index (κ3) is 6.84. The molecule has 1 fully saturated rings. The number of ether oxygens (including phenoxy) is 1. The van der Waals surface area contributed by atoms with Crippen molar-refractivity contribution in [1.29, 1.82) is 0 Å². The van der Waals surface area contributed by atoms with Crippen LogP contribution in [0.5, 0.6) is 5.75 Å². The fourth-order valence-corrected chi connectivity index (χ4v) is 6.61. The smallest absolute Gasteiger partial charge is 0.406 e. The van der Waals surface area contributed by atoms with E-state index in [2.05, 4.69) is 29.6 Å². The second-order valence-electron chi connectivity index (χ2n) is 6.27. The van der Waals surface area contributed by atoms with E-state index in [1.54, 1.807) is 0 Å². The molecule has 0 saturated carbocycles. The molecule has 1 nitrogen and oxygen atoms in total. The van der Waals surface area contributed by atoms with Crippen LogP contribution < -0.4 is 4.74 Å². The lowest BCUT2D eigenvalue weighted by Gasteiger charge is -2.25. The van der Waals surface area contributed by atoms with Gasteiger partial charge in [-0.2, -0.15) is 0 Å². The van der Waals surface area contributed by atoms with Gasteiger partial charge < -0.3 is 4.74 Å². The van der Waals surface area contributed by atoms with Gasteiger partial charge in [-0.15, -0.1) is 13.2 Å². The van der Waals surface area contributed by atoms with Gasteiger partial charge in [-0.05, 0) is 49.1 Å². The van der Waals surface area contributed by atoms with Crippen LogP contribution in [0.2, 0.25) is 18.1 Å². The second kappa shape index (κ2) is 8.98. The van der Waals surface area contributed by atoms with E-state index in [0.717, 1.165) is 0 Å². The molecule has 24 heavy (non-hydrogen) atoms. The third-order valence-electron chi connectivity index (χ3n) is 4.34. The Morgan fingerprint density at radius 3 is 2.46 bits per heavy atom. The molecule has 1 aliphatic rings. The summed E-state index contributed by atoms with van der Waals surface area (Å²) in [5.41, 5.74) is 0.674. The van der Waals surface area contributed by atoms with E-state index in [0.29, 0.717) is 11.5 Å². The van der Waals surface area contributed by atoms with Crippen molar-refractivity contribution < 1.29 is 17.9 Å². The average Bonchev–Trinajstić information content (AvgIpc) is 2.53. The molecule has 0 aromatic heterocycles. The highest BCUT2D eigenvalue weighted by molar-refractivity contribution is 6.58. The zero-order valence-electron chi connectivity index (χ0n) is 13.9. The molecule has 0 amide bonds. The molecule has 1 aromatic carbocycles. The van der Waals surface area contributed by atoms with Crippen LogP contribution in [0.15, 0.2) is 36.4 Å². The van der Waals surface area contributed by atoms with Crippen LogP contribution in [0.4, 0.5) is 13.2 Å². The molecular weight excluding hydrogens is 329 g/mol. The molecule has 0 radical (unpaired) electrons. The molecule has 0 N–H and O–H groups in total. The molecule has 0 atom stereocenters. The van der Waals surface area contributed by atoms with Gasteiger partial charge in [0.25, 0.3) is 0 Å². The summed E-state index contributed by atoms with van der Waals surface area (Å²) < 4.78 is 40.1. The normalized spacial score (nSPS) is 21.3. The van der Waals surface area contributed by atoms with Crippen molar-refractivity contribution >= 4 is 8.80 Å². The Labute approximate surface area is 143 Å². The van der Waals surface area contributed by atoms with Gasteiger partial charge in [-0.3, -0.25) is 0 Å². The molecule has 0 bridgehead atoms. The summed E-state index contributed by atoms with van der Waals surface area (Å²) in [7, 11) is -0.437. The minimum atomic E-state index is -4.66. The Balaban J connectivity index is 1.81. The van der Waals surface area contributed by atoms with E-state index >= 15 is 0 Å². The Hall–Kier alpha value is -1.67. The zero-order chi connectivity index (χ0) is 17.4. The van der Waals surface area contributed by atoms with Crippen molar-refractivity contribution in [2.24, 2.45) is 5.92 Å². The lowest BCUT2D eigenvalue weighted by atomic mass is 10.0. The zero-order valence-corrected chi connectivity index (χ0v) is 15.1. The first-order valence-electron chi connectivity index (χ1n) is 8.50. The van der Waals surface area contributed by atoms with Crippen molar-refractivity contribution in [3.63, 3.8) is 0 Å². The van der Waals surface area contributed by atoms with Gasteiger partial charge in [0.15, 0.2) is 0 Å². The average molecular weight is 352 g/mol. The van der Waals surface area contributed by atoms with Gasteiger partial charge in [-0.1, -0.05) is 49.4 Å². The monoisotopic (exact) mass is 352 g/mol. The van der Waals surface area contributed by atoms with Crippen LogP contribution in [-0.4, -0.2) is 15.2 Å². The maximum atomic E-state index is 12.1. The molecule has 130 valence electrons. The van der Waals surface area contributed by atoms with Gasteiger partial charge in [-0.25, -0.2) is 0 Å². The number of hydrogen-bond acceptors (Lipinski definition) is 1. The van der Waals surface area contributed by atoms with Crippen molar-refractivity contribution in [2.45, 2.75) is 50.7 Å². The molecule has 0 unspecified atom stereocenters. The SMILES string of the molecule is CCC[Si@H]1CC[C@H](/C=C/C#Cc2ccc(OC(F)(F)F)cc2)CC1. The minimum Gasteiger partial charge on any atom is -0.406 e. The largest absolute Gasteiger partial charge is 0.573 e. The third-order valence-corrected chi connectivity index (χ3v) is 8.04.